The van der Waals surface area contributed by atoms with Crippen molar-refractivity contribution in [3.8, 4) is 0 Å². The van der Waals surface area contributed by atoms with Gasteiger partial charge in [-0.25, -0.2) is 8.42 Å². The summed E-state index contributed by atoms with van der Waals surface area (Å²) < 4.78 is 23.1. The molecule has 178 valence electrons. The van der Waals surface area contributed by atoms with E-state index in [0.29, 0.717) is 49.6 Å². The van der Waals surface area contributed by atoms with Gasteiger partial charge in [0.15, 0.2) is 9.84 Å². The molecule has 0 spiro atoms. The van der Waals surface area contributed by atoms with Crippen molar-refractivity contribution in [2.45, 2.75) is 18.9 Å². The lowest BCUT2D eigenvalue weighted by molar-refractivity contribution is -0.131. The zero-order valence-corrected chi connectivity index (χ0v) is 20.1. The average Bonchev–Trinajstić information content (AvgIpc) is 2.78. The maximum Gasteiger partial charge on any atom is 0.239 e. The number of carbonyl (C=O) groups is 2. The van der Waals surface area contributed by atoms with E-state index in [9.17, 15) is 18.0 Å². The molecule has 3 rings (SSSR count). The molecule has 1 atom stereocenters. The van der Waals surface area contributed by atoms with Gasteiger partial charge in [-0.05, 0) is 30.2 Å². The number of hydrogen-bond acceptors (Lipinski definition) is 6. The van der Waals surface area contributed by atoms with Crippen LogP contribution in [-0.2, 0) is 25.8 Å². The number of nitrogens with two attached hydrogens (primary N) is 1. The van der Waals surface area contributed by atoms with Crippen LogP contribution in [0.5, 0.6) is 0 Å². The Morgan fingerprint density at radius 2 is 1.70 bits per heavy atom. The average molecular weight is 493 g/mol. The Morgan fingerprint density at radius 1 is 1.06 bits per heavy atom. The van der Waals surface area contributed by atoms with E-state index in [1.165, 1.54) is 0 Å². The topological polar surface area (TPSA) is 113 Å². The van der Waals surface area contributed by atoms with Crippen molar-refractivity contribution in [1.29, 1.82) is 0 Å². The van der Waals surface area contributed by atoms with Crippen LogP contribution < -0.4 is 16.0 Å². The van der Waals surface area contributed by atoms with Crippen LogP contribution in [0.2, 0.25) is 5.02 Å². The van der Waals surface area contributed by atoms with Crippen LogP contribution in [0.25, 0.3) is 0 Å². The molecule has 2 aromatic rings. The first-order valence-corrected chi connectivity index (χ1v) is 13.1. The summed E-state index contributed by atoms with van der Waals surface area (Å²) in [6.45, 7) is 2.32. The monoisotopic (exact) mass is 492 g/mol. The van der Waals surface area contributed by atoms with Crippen molar-refractivity contribution in [2.24, 2.45) is 5.73 Å². The van der Waals surface area contributed by atoms with E-state index >= 15 is 0 Å². The van der Waals surface area contributed by atoms with E-state index in [1.54, 1.807) is 12.1 Å². The van der Waals surface area contributed by atoms with Crippen molar-refractivity contribution < 1.29 is 18.0 Å². The van der Waals surface area contributed by atoms with Crippen molar-refractivity contribution >= 4 is 38.9 Å². The van der Waals surface area contributed by atoms with E-state index in [1.807, 2.05) is 41.3 Å². The molecule has 2 aromatic carbocycles. The normalized spacial score (nSPS) is 15.3. The number of halogens is 1. The maximum absolute atomic E-state index is 12.7. The number of piperazine rings is 1. The highest BCUT2D eigenvalue weighted by atomic mass is 35.5. The van der Waals surface area contributed by atoms with Crippen LogP contribution in [0, 0.1) is 0 Å². The standard InChI is InChI=1S/C23H29ClN4O4S/c1-33(31,32)16-26-22(23(25)30)19-4-2-3-5-20(19)27-12-14-28(15-13-27)21(29)11-8-17-6-9-18(24)10-7-17/h2-7,9-10,22,26H,8,11-16H2,1H3,(H2,25,30). The summed E-state index contributed by atoms with van der Waals surface area (Å²) in [7, 11) is -3.33. The van der Waals surface area contributed by atoms with E-state index in [2.05, 4.69) is 10.2 Å². The zero-order chi connectivity index (χ0) is 24.0. The Labute approximate surface area is 199 Å². The van der Waals surface area contributed by atoms with Crippen molar-refractivity contribution in [3.63, 3.8) is 0 Å². The molecule has 1 aliphatic rings. The van der Waals surface area contributed by atoms with Gasteiger partial charge >= 0.3 is 0 Å². The molecule has 0 aliphatic carbocycles. The third-order valence-corrected chi connectivity index (χ3v) is 6.54. The molecular formula is C23H29ClN4O4S. The third kappa shape index (κ3) is 7.18. The van der Waals surface area contributed by atoms with E-state index in [-0.39, 0.29) is 11.8 Å². The highest BCUT2D eigenvalue weighted by Crippen LogP contribution is 2.27. The molecule has 0 bridgehead atoms. The first-order chi connectivity index (χ1) is 15.6. The van der Waals surface area contributed by atoms with E-state index in [0.717, 1.165) is 17.5 Å². The number of aryl methyl sites for hydroxylation is 1. The second-order valence-electron chi connectivity index (χ2n) is 8.16. The lowest BCUT2D eigenvalue weighted by Gasteiger charge is -2.37. The number of amides is 2. The number of para-hydroxylation sites is 1. The number of rotatable bonds is 9. The molecule has 1 heterocycles. The third-order valence-electron chi connectivity index (χ3n) is 5.60. The summed E-state index contributed by atoms with van der Waals surface area (Å²) in [5.41, 5.74) is 8.06. The molecule has 10 heteroatoms. The molecule has 0 saturated carbocycles. The van der Waals surface area contributed by atoms with Gasteiger partial charge < -0.3 is 15.5 Å². The minimum absolute atomic E-state index is 0.0997. The number of carbonyl (C=O) groups excluding carboxylic acids is 2. The summed E-state index contributed by atoms with van der Waals surface area (Å²) in [6.07, 6.45) is 2.18. The Kier molecular flexibility index (Phi) is 8.34. The highest BCUT2D eigenvalue weighted by Gasteiger charge is 2.27. The SMILES string of the molecule is CS(=O)(=O)CNC(C(N)=O)c1ccccc1N1CCN(C(=O)CCc2ccc(Cl)cc2)CC1. The van der Waals surface area contributed by atoms with Gasteiger partial charge in [-0.2, -0.15) is 0 Å². The van der Waals surface area contributed by atoms with Crippen LogP contribution in [0.3, 0.4) is 0 Å². The predicted molar refractivity (Wildman–Crippen MR) is 130 cm³/mol. The van der Waals surface area contributed by atoms with Gasteiger partial charge in [-0.3, -0.25) is 14.9 Å². The van der Waals surface area contributed by atoms with Crippen LogP contribution in [0.1, 0.15) is 23.6 Å². The lowest BCUT2D eigenvalue weighted by Crippen LogP contribution is -2.49. The van der Waals surface area contributed by atoms with Gasteiger partial charge in [0.1, 0.15) is 6.04 Å². The van der Waals surface area contributed by atoms with Crippen LogP contribution in [-0.4, -0.2) is 63.4 Å². The Balaban J connectivity index is 1.62. The molecule has 1 fully saturated rings. The van der Waals surface area contributed by atoms with Gasteiger partial charge in [-0.1, -0.05) is 41.9 Å². The van der Waals surface area contributed by atoms with Gasteiger partial charge in [0.2, 0.25) is 11.8 Å². The Bertz CT molecular complexity index is 1080. The molecule has 0 radical (unpaired) electrons. The number of nitrogens with one attached hydrogen (secondary N) is 1. The predicted octanol–water partition coefficient (Wildman–Crippen LogP) is 1.74. The number of anilines is 1. The van der Waals surface area contributed by atoms with Crippen LogP contribution in [0.15, 0.2) is 48.5 Å². The summed E-state index contributed by atoms with van der Waals surface area (Å²) in [4.78, 5) is 28.7. The maximum atomic E-state index is 12.7. The summed E-state index contributed by atoms with van der Waals surface area (Å²) in [6, 6.07) is 13.9. The van der Waals surface area contributed by atoms with Gasteiger partial charge in [0.05, 0.1) is 5.88 Å². The lowest BCUT2D eigenvalue weighted by atomic mass is 10.0. The highest BCUT2D eigenvalue weighted by molar-refractivity contribution is 7.90. The fourth-order valence-electron chi connectivity index (χ4n) is 3.88. The second kappa shape index (κ2) is 11.0. The first-order valence-electron chi connectivity index (χ1n) is 10.7. The Morgan fingerprint density at radius 3 is 2.30 bits per heavy atom. The molecule has 1 saturated heterocycles. The molecule has 2 amide bonds. The number of hydrogen-bond donors (Lipinski definition) is 2. The fourth-order valence-corrected chi connectivity index (χ4v) is 4.47. The fraction of sp³-hybridized carbons (Fsp3) is 0.391. The van der Waals surface area contributed by atoms with Crippen LogP contribution >= 0.6 is 11.6 Å². The van der Waals surface area contributed by atoms with E-state index in [4.69, 9.17) is 17.3 Å². The van der Waals surface area contributed by atoms with Gasteiger partial charge in [0, 0.05) is 55.1 Å². The minimum Gasteiger partial charge on any atom is -0.368 e. The minimum atomic E-state index is -3.33. The van der Waals surface area contributed by atoms with Crippen LogP contribution in [0.4, 0.5) is 5.69 Å². The molecular weight excluding hydrogens is 464 g/mol. The van der Waals surface area contributed by atoms with Crippen molar-refractivity contribution in [3.05, 3.63) is 64.7 Å². The Hall–Kier alpha value is -2.62. The molecule has 8 nitrogen and oxygen atoms in total. The quantitative estimate of drug-likeness (QED) is 0.551. The molecule has 33 heavy (non-hydrogen) atoms. The summed E-state index contributed by atoms with van der Waals surface area (Å²) in [5.74, 6) is -0.907. The molecule has 0 aromatic heterocycles. The second-order valence-corrected chi connectivity index (χ2v) is 10.7. The number of nitrogens with zero attached hydrogens (tertiary/aromatic N) is 2. The summed E-state index contributed by atoms with van der Waals surface area (Å²) in [5, 5.41) is 3.43. The smallest absolute Gasteiger partial charge is 0.239 e. The number of sulfone groups is 1. The molecule has 3 N–H and O–H groups in total. The summed E-state index contributed by atoms with van der Waals surface area (Å²) >= 11 is 5.91. The van der Waals surface area contributed by atoms with E-state index < -0.39 is 21.8 Å². The first kappa shape index (κ1) is 25.0. The van der Waals surface area contributed by atoms with Crippen molar-refractivity contribution in [1.82, 2.24) is 10.2 Å². The van der Waals surface area contributed by atoms with Gasteiger partial charge in [-0.15, -0.1) is 0 Å². The van der Waals surface area contributed by atoms with Gasteiger partial charge in [0.25, 0.3) is 0 Å². The molecule has 1 unspecified atom stereocenters. The molecule has 1 aliphatic heterocycles. The zero-order valence-electron chi connectivity index (χ0n) is 18.5. The number of primary amides is 1. The largest absolute Gasteiger partial charge is 0.368 e. The van der Waals surface area contributed by atoms with Crippen molar-refractivity contribution in [2.75, 3.05) is 43.2 Å². The number of benzene rings is 2.